The fourth-order valence-corrected chi connectivity index (χ4v) is 5.31. The lowest BCUT2D eigenvalue weighted by Gasteiger charge is -2.39. The lowest BCUT2D eigenvalue weighted by Crippen LogP contribution is -2.52. The molecule has 5 heterocycles. The Bertz CT molecular complexity index is 1540. The molecule has 0 saturated carbocycles. The first-order chi connectivity index (χ1) is 18.9. The summed E-state index contributed by atoms with van der Waals surface area (Å²) in [4.78, 5) is 59.1. The van der Waals surface area contributed by atoms with Gasteiger partial charge in [0.25, 0.3) is 0 Å². The van der Waals surface area contributed by atoms with E-state index < -0.39 is 46.9 Å². The first kappa shape index (κ1) is 27.6. The summed E-state index contributed by atoms with van der Waals surface area (Å²) < 4.78 is 59.9. The molecule has 0 spiro atoms. The lowest BCUT2D eigenvalue weighted by atomic mass is 9.91. The zero-order valence-electron chi connectivity index (χ0n) is 20.6. The first-order valence-corrected chi connectivity index (χ1v) is 13.0. The smallest absolute Gasteiger partial charge is 0.471 e. The molecule has 2 aliphatic rings. The number of alkyl halides is 3. The third-order valence-electron chi connectivity index (χ3n) is 6.79. The molecule has 1 amide bonds. The fraction of sp³-hybridized carbons (Fsp3) is 0.417. The van der Waals surface area contributed by atoms with Gasteiger partial charge in [0.2, 0.25) is 5.43 Å². The van der Waals surface area contributed by atoms with Crippen molar-refractivity contribution in [2.45, 2.75) is 25.1 Å². The Morgan fingerprint density at radius 1 is 1.20 bits per heavy atom. The van der Waals surface area contributed by atoms with Crippen LogP contribution >= 0.6 is 11.3 Å². The number of nitrogens with zero attached hydrogens (tertiary/aromatic N) is 5. The molecule has 5 rings (SSSR count). The number of carboxylic acids is 1. The van der Waals surface area contributed by atoms with Crippen molar-refractivity contribution in [3.8, 4) is 5.13 Å². The van der Waals surface area contributed by atoms with E-state index in [9.17, 15) is 37.5 Å². The third kappa shape index (κ3) is 5.28. The average Bonchev–Trinajstić information content (AvgIpc) is 3.41. The summed E-state index contributed by atoms with van der Waals surface area (Å²) >= 11 is 1.16. The number of hydrogen-bond donors (Lipinski definition) is 1. The largest absolute Gasteiger partial charge is 0.477 e. The molecule has 11 nitrogen and oxygen atoms in total. The molecular weight excluding hydrogens is 562 g/mol. The average molecular weight is 584 g/mol. The monoisotopic (exact) mass is 583 g/mol. The Labute approximate surface area is 226 Å². The van der Waals surface area contributed by atoms with Gasteiger partial charge in [0.15, 0.2) is 22.4 Å². The normalized spacial score (nSPS) is 18.1. The maximum Gasteiger partial charge on any atom is 0.471 e. The summed E-state index contributed by atoms with van der Waals surface area (Å²) in [5.74, 6) is -5.08. The molecule has 0 bridgehead atoms. The van der Waals surface area contributed by atoms with Crippen LogP contribution in [-0.4, -0.2) is 87.3 Å². The number of aromatic carboxylic acids is 1. The Morgan fingerprint density at radius 2 is 1.95 bits per heavy atom. The van der Waals surface area contributed by atoms with Crippen LogP contribution in [0.15, 0.2) is 28.6 Å². The van der Waals surface area contributed by atoms with E-state index in [1.54, 1.807) is 5.38 Å². The summed E-state index contributed by atoms with van der Waals surface area (Å²) in [6.45, 7) is -0.275. The second-order valence-electron chi connectivity index (χ2n) is 9.38. The molecule has 212 valence electrons. The number of Topliss-reactive ketones (excluding diaryl/α,β-unsaturated/α-hetero) is 1. The minimum Gasteiger partial charge on any atom is -0.477 e. The molecule has 3 aromatic heterocycles. The van der Waals surface area contributed by atoms with Crippen LogP contribution in [0.3, 0.4) is 0 Å². The van der Waals surface area contributed by atoms with Crippen LogP contribution in [0.2, 0.25) is 0 Å². The molecular formula is C24H21F4N5O6S. The number of amides is 1. The van der Waals surface area contributed by atoms with E-state index in [-0.39, 0.29) is 68.3 Å². The Morgan fingerprint density at radius 3 is 2.60 bits per heavy atom. The summed E-state index contributed by atoms with van der Waals surface area (Å²) in [7, 11) is 0. The van der Waals surface area contributed by atoms with E-state index in [0.29, 0.717) is 10.0 Å². The number of ether oxygens (including phenoxy) is 1. The van der Waals surface area contributed by atoms with Gasteiger partial charge in [-0.05, 0) is 12.5 Å². The number of morpholine rings is 1. The number of ketones is 1. The van der Waals surface area contributed by atoms with E-state index >= 15 is 4.39 Å². The second kappa shape index (κ2) is 10.6. The minimum absolute atomic E-state index is 0.00327. The number of fused-ring (bicyclic) bond motifs is 1. The van der Waals surface area contributed by atoms with Crippen LogP contribution < -0.4 is 10.3 Å². The molecule has 2 aliphatic heterocycles. The number of hydrogen-bond acceptors (Lipinski definition) is 9. The number of carboxylic acid groups (broad SMARTS) is 1. The van der Waals surface area contributed by atoms with Crippen molar-refractivity contribution in [2.75, 3.05) is 37.7 Å². The van der Waals surface area contributed by atoms with E-state index in [4.69, 9.17) is 4.74 Å². The molecule has 16 heteroatoms. The maximum atomic E-state index is 15.1. The SMILES string of the molecule is O=C(O)c1cn(-c2nccs2)c2nc(N3CC(C(=O)CCC4CN(C(=O)C(F)(F)F)CCO4)C3)c(F)cc2c1=O. The van der Waals surface area contributed by atoms with Crippen molar-refractivity contribution in [2.24, 2.45) is 5.92 Å². The van der Waals surface area contributed by atoms with Crippen molar-refractivity contribution in [3.63, 3.8) is 0 Å². The van der Waals surface area contributed by atoms with Crippen LogP contribution in [-0.2, 0) is 14.3 Å². The van der Waals surface area contributed by atoms with Crippen molar-refractivity contribution in [1.29, 1.82) is 0 Å². The minimum atomic E-state index is -4.98. The van der Waals surface area contributed by atoms with E-state index in [1.807, 2.05) is 0 Å². The second-order valence-corrected chi connectivity index (χ2v) is 10.2. The van der Waals surface area contributed by atoms with Crippen molar-refractivity contribution >= 4 is 45.8 Å². The molecule has 1 N–H and O–H groups in total. The molecule has 1 atom stereocenters. The van der Waals surface area contributed by atoms with Crippen molar-refractivity contribution < 1.29 is 41.8 Å². The molecule has 0 radical (unpaired) electrons. The topological polar surface area (TPSA) is 135 Å². The summed E-state index contributed by atoms with van der Waals surface area (Å²) in [6, 6.07) is 0.917. The first-order valence-electron chi connectivity index (χ1n) is 12.1. The highest BCUT2D eigenvalue weighted by atomic mass is 32.1. The Kier molecular flexibility index (Phi) is 7.31. The number of anilines is 1. The van der Waals surface area contributed by atoms with Gasteiger partial charge in [-0.1, -0.05) is 0 Å². The number of halogens is 4. The number of aromatic nitrogens is 3. The van der Waals surface area contributed by atoms with Crippen LogP contribution in [0.5, 0.6) is 0 Å². The summed E-state index contributed by atoms with van der Waals surface area (Å²) in [5, 5.41) is 11.1. The Balaban J connectivity index is 1.27. The fourth-order valence-electron chi connectivity index (χ4n) is 4.69. The number of pyridine rings is 2. The maximum absolute atomic E-state index is 15.1. The zero-order valence-corrected chi connectivity index (χ0v) is 21.4. The number of carbonyl (C=O) groups excluding carboxylic acids is 2. The molecule has 3 aromatic rings. The van der Waals surface area contributed by atoms with Gasteiger partial charge < -0.3 is 19.6 Å². The van der Waals surface area contributed by atoms with Crippen LogP contribution in [0.1, 0.15) is 23.2 Å². The van der Waals surface area contributed by atoms with Gasteiger partial charge in [0.05, 0.1) is 24.0 Å². The van der Waals surface area contributed by atoms with Crippen LogP contribution in [0, 0.1) is 11.7 Å². The number of rotatable bonds is 7. The number of carbonyl (C=O) groups is 3. The van der Waals surface area contributed by atoms with Gasteiger partial charge in [-0.15, -0.1) is 11.3 Å². The summed E-state index contributed by atoms with van der Waals surface area (Å²) in [5.41, 5.74) is -1.46. The van der Waals surface area contributed by atoms with Gasteiger partial charge in [-0.3, -0.25) is 19.0 Å². The molecule has 2 fully saturated rings. The van der Waals surface area contributed by atoms with Crippen molar-refractivity contribution in [1.82, 2.24) is 19.4 Å². The van der Waals surface area contributed by atoms with Crippen molar-refractivity contribution in [3.05, 3.63) is 45.4 Å². The third-order valence-corrected chi connectivity index (χ3v) is 7.56. The standard InChI is InChI=1S/C24H21F4N5O6S/c25-16-7-14-18(35)15(21(36)37)11-33(23-29-3-6-40-23)19(14)30-20(16)32-8-12(9-32)17(34)2-1-13-10-31(4-5-39-13)22(38)24(26,27)28/h3,6-7,11-13H,1-2,4-5,8-10H2,(H,36,37). The molecule has 1 unspecified atom stereocenters. The molecule has 40 heavy (non-hydrogen) atoms. The van der Waals surface area contributed by atoms with Gasteiger partial charge >= 0.3 is 18.1 Å². The summed E-state index contributed by atoms with van der Waals surface area (Å²) in [6.07, 6.45) is -2.99. The van der Waals surface area contributed by atoms with Crippen LogP contribution in [0.4, 0.5) is 23.4 Å². The quantitative estimate of drug-likeness (QED) is 0.416. The predicted molar refractivity (Wildman–Crippen MR) is 132 cm³/mol. The molecule has 0 aromatic carbocycles. The van der Waals surface area contributed by atoms with Gasteiger partial charge in [-0.2, -0.15) is 13.2 Å². The van der Waals surface area contributed by atoms with Gasteiger partial charge in [-0.25, -0.2) is 19.2 Å². The Hall–Kier alpha value is -3.92. The highest BCUT2D eigenvalue weighted by molar-refractivity contribution is 7.12. The van der Waals surface area contributed by atoms with Gasteiger partial charge in [0.1, 0.15) is 11.3 Å². The zero-order chi connectivity index (χ0) is 28.8. The van der Waals surface area contributed by atoms with E-state index in [0.717, 1.165) is 23.6 Å². The highest BCUT2D eigenvalue weighted by Crippen LogP contribution is 2.30. The molecule has 0 aliphatic carbocycles. The van der Waals surface area contributed by atoms with E-state index in [2.05, 4.69) is 9.97 Å². The van der Waals surface area contributed by atoms with E-state index in [1.165, 1.54) is 15.7 Å². The predicted octanol–water partition coefficient (Wildman–Crippen LogP) is 2.25. The molecule has 2 saturated heterocycles. The lowest BCUT2D eigenvalue weighted by molar-refractivity contribution is -0.191. The highest BCUT2D eigenvalue weighted by Gasteiger charge is 2.44. The van der Waals surface area contributed by atoms with Gasteiger partial charge in [0, 0.05) is 50.4 Å². The number of thiazole rings is 1. The van der Waals surface area contributed by atoms with Crippen LogP contribution in [0.25, 0.3) is 16.2 Å².